The minimum absolute atomic E-state index is 0.0678. The van der Waals surface area contributed by atoms with E-state index in [0.717, 1.165) is 12.8 Å². The number of hydrogen-bond acceptors (Lipinski definition) is 10. The largest absolute Gasteiger partial charge is 0.469 e. The summed E-state index contributed by atoms with van der Waals surface area (Å²) in [5, 5.41) is 0. The quantitative estimate of drug-likeness (QED) is 0.119. The van der Waals surface area contributed by atoms with Crippen molar-refractivity contribution < 1.29 is 47.6 Å². The van der Waals surface area contributed by atoms with Crippen LogP contribution in [0.5, 0.6) is 0 Å². The van der Waals surface area contributed by atoms with E-state index < -0.39 is 35.9 Å². The van der Waals surface area contributed by atoms with Crippen LogP contribution in [0.2, 0.25) is 0 Å². The lowest BCUT2D eigenvalue weighted by molar-refractivity contribution is -0.207. The van der Waals surface area contributed by atoms with E-state index in [4.69, 9.17) is 23.7 Å². The van der Waals surface area contributed by atoms with E-state index in [9.17, 15) is 19.2 Å². The summed E-state index contributed by atoms with van der Waals surface area (Å²) in [6, 6.07) is 9.00. The predicted molar refractivity (Wildman–Crippen MR) is 141 cm³/mol. The summed E-state index contributed by atoms with van der Waals surface area (Å²) in [6.07, 6.45) is 0.787. The zero-order valence-electron chi connectivity index (χ0n) is 23.7. The molecule has 216 valence electrons. The number of hydrogen-bond donors (Lipinski definition) is 0. The number of benzene rings is 1. The van der Waals surface area contributed by atoms with Crippen molar-refractivity contribution in [3.8, 4) is 11.8 Å². The van der Waals surface area contributed by atoms with Crippen LogP contribution in [0.15, 0.2) is 30.3 Å². The van der Waals surface area contributed by atoms with E-state index in [1.165, 1.54) is 21.0 Å². The number of carbonyl (C=O) groups excluding carboxylic acids is 4. The van der Waals surface area contributed by atoms with Gasteiger partial charge in [-0.3, -0.25) is 9.59 Å². The van der Waals surface area contributed by atoms with Crippen molar-refractivity contribution in [3.63, 3.8) is 0 Å². The molecule has 1 fully saturated rings. The first-order valence-electron chi connectivity index (χ1n) is 13.0. The normalized spacial score (nSPS) is 13.8. The van der Waals surface area contributed by atoms with E-state index in [0.29, 0.717) is 11.5 Å². The third-order valence-corrected chi connectivity index (χ3v) is 5.19. The molecular formula is C29H40O10. The Morgan fingerprint density at radius 3 is 2.00 bits per heavy atom. The Morgan fingerprint density at radius 1 is 0.974 bits per heavy atom. The second-order valence-electron chi connectivity index (χ2n) is 8.72. The maximum Gasteiger partial charge on any atom is 0.350 e. The van der Waals surface area contributed by atoms with Gasteiger partial charge in [0.15, 0.2) is 0 Å². The third-order valence-electron chi connectivity index (χ3n) is 5.19. The fourth-order valence-corrected chi connectivity index (χ4v) is 3.15. The van der Waals surface area contributed by atoms with Crippen LogP contribution in [-0.2, 0) is 54.0 Å². The SMILES string of the molecule is CCOC(=O)C(Cc1ccccc1)(OCC(C)OC(CC#CC1CC1)OC(C)=O)C(=O)OCC.COC(C)=O. The lowest BCUT2D eigenvalue weighted by Crippen LogP contribution is -2.54. The Hall–Kier alpha value is -3.42. The third kappa shape index (κ3) is 13.3. The molecule has 0 aromatic heterocycles. The van der Waals surface area contributed by atoms with Crippen molar-refractivity contribution in [2.75, 3.05) is 26.9 Å². The summed E-state index contributed by atoms with van der Waals surface area (Å²) >= 11 is 0. The van der Waals surface area contributed by atoms with Gasteiger partial charge in [-0.05, 0) is 39.2 Å². The molecule has 0 aliphatic heterocycles. The maximum atomic E-state index is 13.0. The van der Waals surface area contributed by atoms with Gasteiger partial charge >= 0.3 is 23.9 Å². The molecule has 1 aliphatic carbocycles. The van der Waals surface area contributed by atoms with Gasteiger partial charge in [0, 0.05) is 26.2 Å². The van der Waals surface area contributed by atoms with Crippen molar-refractivity contribution in [3.05, 3.63) is 35.9 Å². The lowest BCUT2D eigenvalue weighted by atomic mass is 9.94. The average molecular weight is 549 g/mol. The van der Waals surface area contributed by atoms with Gasteiger partial charge in [-0.2, -0.15) is 0 Å². The predicted octanol–water partition coefficient (Wildman–Crippen LogP) is 3.39. The molecule has 2 rings (SSSR count). The van der Waals surface area contributed by atoms with Gasteiger partial charge in [-0.25, -0.2) is 9.59 Å². The Balaban J connectivity index is 0.00000139. The molecule has 1 saturated carbocycles. The van der Waals surface area contributed by atoms with Crippen molar-refractivity contribution in [2.45, 2.75) is 78.3 Å². The van der Waals surface area contributed by atoms with Crippen molar-refractivity contribution in [1.29, 1.82) is 0 Å². The Bertz CT molecular complexity index is 957. The van der Waals surface area contributed by atoms with Gasteiger partial charge in [-0.1, -0.05) is 42.2 Å². The monoisotopic (exact) mass is 548 g/mol. The molecule has 2 unspecified atom stereocenters. The summed E-state index contributed by atoms with van der Waals surface area (Å²) in [4.78, 5) is 47.1. The molecule has 0 saturated heterocycles. The molecular weight excluding hydrogens is 508 g/mol. The number of ether oxygens (including phenoxy) is 6. The lowest BCUT2D eigenvalue weighted by Gasteiger charge is -2.31. The highest BCUT2D eigenvalue weighted by molar-refractivity contribution is 6.04. The minimum Gasteiger partial charge on any atom is -0.469 e. The number of esters is 4. The highest BCUT2D eigenvalue weighted by atomic mass is 16.7. The molecule has 10 heteroatoms. The highest BCUT2D eigenvalue weighted by Crippen LogP contribution is 2.27. The van der Waals surface area contributed by atoms with Gasteiger partial charge in [0.05, 0.1) is 39.5 Å². The van der Waals surface area contributed by atoms with Gasteiger partial charge in [-0.15, -0.1) is 0 Å². The zero-order valence-corrected chi connectivity index (χ0v) is 23.7. The Morgan fingerprint density at radius 2 is 1.54 bits per heavy atom. The first kappa shape index (κ1) is 33.6. The number of rotatable bonds is 13. The van der Waals surface area contributed by atoms with E-state index in [2.05, 4.69) is 16.6 Å². The van der Waals surface area contributed by atoms with Crippen LogP contribution >= 0.6 is 0 Å². The molecule has 1 aliphatic rings. The molecule has 0 amide bonds. The minimum atomic E-state index is -2.01. The van der Waals surface area contributed by atoms with E-state index in [-0.39, 0.29) is 38.6 Å². The van der Waals surface area contributed by atoms with Crippen LogP contribution < -0.4 is 0 Å². The van der Waals surface area contributed by atoms with Crippen LogP contribution in [0, 0.1) is 17.8 Å². The average Bonchev–Trinajstić information content (AvgIpc) is 3.71. The Labute approximate surface area is 230 Å². The van der Waals surface area contributed by atoms with E-state index >= 15 is 0 Å². The van der Waals surface area contributed by atoms with Crippen molar-refractivity contribution >= 4 is 23.9 Å². The van der Waals surface area contributed by atoms with Crippen LogP contribution in [0.3, 0.4) is 0 Å². The smallest absolute Gasteiger partial charge is 0.350 e. The van der Waals surface area contributed by atoms with Gasteiger partial charge < -0.3 is 28.4 Å². The van der Waals surface area contributed by atoms with Crippen LogP contribution in [-0.4, -0.2) is 68.8 Å². The summed E-state index contributed by atoms with van der Waals surface area (Å²) in [5.74, 6) is 4.08. The standard InChI is InChI=1S/C26H34O8.C3H6O2/c1-5-30-24(28)26(25(29)31-6-2,17-22-11-8-7-9-12-22)32-18-19(3)33-23(34-20(4)27)14-10-13-21-15-16-21;1-3(4)5-2/h7-9,11-12,19,21,23H,5-6,14-18H2,1-4H3;1-2H3. The topological polar surface area (TPSA) is 124 Å². The molecule has 0 N–H and O–H groups in total. The van der Waals surface area contributed by atoms with Crippen LogP contribution in [0.25, 0.3) is 0 Å². The molecule has 2 atom stereocenters. The first-order chi connectivity index (χ1) is 18.6. The summed E-state index contributed by atoms with van der Waals surface area (Å²) in [5.41, 5.74) is -1.31. The molecule has 0 radical (unpaired) electrons. The molecule has 1 aromatic rings. The molecule has 0 bridgehead atoms. The van der Waals surface area contributed by atoms with Crippen molar-refractivity contribution in [1.82, 2.24) is 0 Å². The van der Waals surface area contributed by atoms with Gasteiger partial charge in [0.2, 0.25) is 6.29 Å². The molecule has 10 nitrogen and oxygen atoms in total. The summed E-state index contributed by atoms with van der Waals surface area (Å²) < 4.78 is 31.5. The van der Waals surface area contributed by atoms with Crippen molar-refractivity contribution in [2.24, 2.45) is 5.92 Å². The maximum absolute atomic E-state index is 13.0. The zero-order chi connectivity index (χ0) is 29.3. The second kappa shape index (κ2) is 18.0. The van der Waals surface area contributed by atoms with E-state index in [1.807, 2.05) is 6.07 Å². The highest BCUT2D eigenvalue weighted by Gasteiger charge is 2.51. The first-order valence-corrected chi connectivity index (χ1v) is 13.0. The molecule has 0 spiro atoms. The van der Waals surface area contributed by atoms with Gasteiger partial charge in [0.25, 0.3) is 5.60 Å². The molecule has 0 heterocycles. The molecule has 1 aromatic carbocycles. The van der Waals surface area contributed by atoms with Crippen LogP contribution in [0.4, 0.5) is 0 Å². The number of methoxy groups -OCH3 is 1. The summed E-state index contributed by atoms with van der Waals surface area (Å²) in [7, 11) is 1.35. The van der Waals surface area contributed by atoms with Gasteiger partial charge in [0.1, 0.15) is 0 Å². The fraction of sp³-hybridized carbons (Fsp3) is 0.586. The fourth-order valence-electron chi connectivity index (χ4n) is 3.15. The second-order valence-corrected chi connectivity index (χ2v) is 8.72. The molecule has 39 heavy (non-hydrogen) atoms. The summed E-state index contributed by atoms with van der Waals surface area (Å²) in [6.45, 7) is 7.62. The van der Waals surface area contributed by atoms with Crippen LogP contribution in [0.1, 0.15) is 59.4 Å². The van der Waals surface area contributed by atoms with E-state index in [1.54, 1.807) is 45.0 Å². The Kier molecular flexibility index (Phi) is 15.5. The number of carbonyl (C=O) groups is 4.